The molecule has 0 bridgehead atoms. The van der Waals surface area contributed by atoms with E-state index in [1.807, 2.05) is 39.4 Å². The maximum absolute atomic E-state index is 13.4. The van der Waals surface area contributed by atoms with Crippen LogP contribution in [0.25, 0.3) is 0 Å². The van der Waals surface area contributed by atoms with E-state index in [1.165, 1.54) is 44.9 Å². The van der Waals surface area contributed by atoms with Gasteiger partial charge < -0.3 is 28.5 Å². The first-order chi connectivity index (χ1) is 32.4. The Morgan fingerprint density at radius 2 is 1.04 bits per heavy atom. The Morgan fingerprint density at radius 3 is 1.61 bits per heavy atom. The van der Waals surface area contributed by atoms with Crippen molar-refractivity contribution in [2.45, 2.75) is 200 Å². The minimum absolute atomic E-state index is 0.0414. The number of carbonyl (C=O) groups excluding carboxylic acids is 2. The third kappa shape index (κ3) is 47.5. The van der Waals surface area contributed by atoms with Gasteiger partial charge in [0.2, 0.25) is 5.91 Å². The fraction of sp³-hybridized carbons (Fsp3) is 0.649. The molecule has 0 aliphatic carbocycles. The Morgan fingerprint density at radius 1 is 0.552 bits per heavy atom. The number of phosphoric ester groups is 1. The molecule has 3 atom stereocenters. The SMILES string of the molecule is CC/C=C\C/C=C\C/C=C\C/C=C\C/C=C\CCCC(=O)OC(/C=C/CCCCCCCCCCC)C(COP(=O)([O-])OCC[N+](C)(C)C)NC(=O)CCCCCCC\C=C/C=C/C=C/CC. The predicted octanol–water partition coefficient (Wildman–Crippen LogP) is 14.8. The molecule has 0 spiro atoms. The zero-order valence-corrected chi connectivity index (χ0v) is 44.2. The Bertz CT molecular complexity index is 1520. The second-order valence-electron chi connectivity index (χ2n) is 18.3. The number of likely N-dealkylation sites (N-methyl/N-ethyl adjacent to an activating group) is 1. The molecule has 0 aliphatic heterocycles. The summed E-state index contributed by atoms with van der Waals surface area (Å²) in [5.41, 5.74) is 0. The third-order valence-corrected chi connectivity index (χ3v) is 11.7. The summed E-state index contributed by atoms with van der Waals surface area (Å²) in [5.74, 6) is -0.646. The van der Waals surface area contributed by atoms with Crippen LogP contribution in [0.3, 0.4) is 0 Å². The Kier molecular flexibility index (Phi) is 44.1. The summed E-state index contributed by atoms with van der Waals surface area (Å²) in [6.07, 6.45) is 62.1. The van der Waals surface area contributed by atoms with Gasteiger partial charge in [0.1, 0.15) is 19.3 Å². The van der Waals surface area contributed by atoms with Crippen molar-refractivity contribution in [3.05, 3.63) is 109 Å². The second-order valence-corrected chi connectivity index (χ2v) is 19.7. The minimum atomic E-state index is -4.71. The topological polar surface area (TPSA) is 114 Å². The second kappa shape index (κ2) is 46.4. The Balaban J connectivity index is 5.54. The normalized spacial score (nSPS) is 14.8. The molecule has 10 heteroatoms. The van der Waals surface area contributed by atoms with Crippen molar-refractivity contribution in [1.82, 2.24) is 5.32 Å². The van der Waals surface area contributed by atoms with Crippen LogP contribution in [-0.4, -0.2) is 69.4 Å². The van der Waals surface area contributed by atoms with Crippen LogP contribution in [0.1, 0.15) is 188 Å². The van der Waals surface area contributed by atoms with Crippen molar-refractivity contribution in [3.63, 3.8) is 0 Å². The number of carbonyl (C=O) groups is 2. The van der Waals surface area contributed by atoms with Gasteiger partial charge in [-0.2, -0.15) is 0 Å². The smallest absolute Gasteiger partial charge is 0.306 e. The molecule has 1 amide bonds. The van der Waals surface area contributed by atoms with Crippen molar-refractivity contribution < 1.29 is 37.3 Å². The summed E-state index contributed by atoms with van der Waals surface area (Å²) >= 11 is 0. The lowest BCUT2D eigenvalue weighted by Gasteiger charge is -2.30. The van der Waals surface area contributed by atoms with Crippen LogP contribution in [0.15, 0.2) is 109 Å². The number of phosphoric acid groups is 1. The van der Waals surface area contributed by atoms with E-state index >= 15 is 0 Å². The number of amides is 1. The van der Waals surface area contributed by atoms with E-state index in [2.05, 4.69) is 111 Å². The van der Waals surface area contributed by atoms with E-state index in [1.54, 1.807) is 6.08 Å². The minimum Gasteiger partial charge on any atom is -0.756 e. The van der Waals surface area contributed by atoms with Gasteiger partial charge in [0, 0.05) is 12.8 Å². The monoisotopic (exact) mass is 953 g/mol. The standard InChI is InChI=1S/C57H97N2O7P/c1-7-10-13-16-19-22-25-27-28-29-30-32-35-38-41-44-47-50-57(61)66-55(48-45-42-39-36-33-24-21-18-15-12-9-3)54(53-65-67(62,63)64-52-51-59(4,5)6)58-56(60)49-46-43-40-37-34-31-26-23-20-17-14-11-8-2/h10-11,13-14,17,19-20,22-23,26-28,30,32,38,41,45,48,54-55H,7-9,12,15-16,18,21,24-25,29,31,33-37,39-40,42-44,46-47,49-53H2,1-6H3,(H-,58,60,62,63)/b13-10-,14-11+,20-17+,22-19-,26-23-,28-27-,32-30-,41-38-,48-45+. The number of hydrogen-bond donors (Lipinski definition) is 1. The zero-order valence-electron chi connectivity index (χ0n) is 43.3. The summed E-state index contributed by atoms with van der Waals surface area (Å²) in [5, 5.41) is 2.98. The number of esters is 1. The number of nitrogens with zero attached hydrogens (tertiary/aromatic N) is 1. The molecule has 67 heavy (non-hydrogen) atoms. The number of rotatable bonds is 45. The summed E-state index contributed by atoms with van der Waals surface area (Å²) in [7, 11) is 1.12. The van der Waals surface area contributed by atoms with Crippen LogP contribution in [0, 0.1) is 0 Å². The molecule has 3 unspecified atom stereocenters. The lowest BCUT2D eigenvalue weighted by Crippen LogP contribution is -2.47. The maximum Gasteiger partial charge on any atom is 0.306 e. The van der Waals surface area contributed by atoms with Crippen molar-refractivity contribution in [2.24, 2.45) is 0 Å². The highest BCUT2D eigenvalue weighted by Crippen LogP contribution is 2.38. The molecule has 0 saturated heterocycles. The number of quaternary nitrogens is 1. The molecule has 0 aromatic carbocycles. The molecule has 0 saturated carbocycles. The largest absolute Gasteiger partial charge is 0.756 e. The Hall–Kier alpha value is -3.33. The maximum atomic E-state index is 13.4. The van der Waals surface area contributed by atoms with E-state index in [-0.39, 0.29) is 25.4 Å². The molecule has 0 heterocycles. The van der Waals surface area contributed by atoms with Crippen molar-refractivity contribution >= 4 is 19.7 Å². The fourth-order valence-electron chi connectivity index (χ4n) is 6.73. The van der Waals surface area contributed by atoms with Crippen molar-refractivity contribution in [3.8, 4) is 0 Å². The molecular formula is C57H97N2O7P. The molecule has 1 N–H and O–H groups in total. The van der Waals surface area contributed by atoms with Crippen LogP contribution in [0.5, 0.6) is 0 Å². The predicted molar refractivity (Wildman–Crippen MR) is 284 cm³/mol. The van der Waals surface area contributed by atoms with E-state index in [0.29, 0.717) is 23.9 Å². The fourth-order valence-corrected chi connectivity index (χ4v) is 7.45. The van der Waals surface area contributed by atoms with Gasteiger partial charge in [-0.1, -0.05) is 195 Å². The molecular weight excluding hydrogens is 856 g/mol. The molecule has 0 fully saturated rings. The molecule has 0 aliphatic rings. The van der Waals surface area contributed by atoms with E-state index in [0.717, 1.165) is 96.3 Å². The highest BCUT2D eigenvalue weighted by atomic mass is 31.2. The first-order valence-electron chi connectivity index (χ1n) is 26.2. The number of ether oxygens (including phenoxy) is 1. The van der Waals surface area contributed by atoms with Gasteiger partial charge in [-0.15, -0.1) is 0 Å². The Labute approximate surface area is 410 Å². The zero-order chi connectivity index (χ0) is 49.4. The van der Waals surface area contributed by atoms with Crippen LogP contribution >= 0.6 is 7.82 Å². The molecule has 0 rings (SSSR count). The van der Waals surface area contributed by atoms with Gasteiger partial charge in [-0.25, -0.2) is 0 Å². The average molecular weight is 953 g/mol. The summed E-state index contributed by atoms with van der Waals surface area (Å²) in [6.45, 7) is 6.49. The average Bonchev–Trinajstić information content (AvgIpc) is 3.28. The highest BCUT2D eigenvalue weighted by Gasteiger charge is 2.27. The number of hydrogen-bond acceptors (Lipinski definition) is 7. The summed E-state index contributed by atoms with van der Waals surface area (Å²) < 4.78 is 30.0. The van der Waals surface area contributed by atoms with Gasteiger partial charge in [0.25, 0.3) is 7.82 Å². The summed E-state index contributed by atoms with van der Waals surface area (Å²) in [6, 6.07) is -0.927. The van der Waals surface area contributed by atoms with Crippen molar-refractivity contribution in [2.75, 3.05) is 40.9 Å². The first kappa shape index (κ1) is 63.7. The van der Waals surface area contributed by atoms with E-state index in [4.69, 9.17) is 13.8 Å². The van der Waals surface area contributed by atoms with Gasteiger partial charge in [-0.05, 0) is 89.5 Å². The number of nitrogens with one attached hydrogen (secondary N) is 1. The highest BCUT2D eigenvalue weighted by molar-refractivity contribution is 7.45. The summed E-state index contributed by atoms with van der Waals surface area (Å²) in [4.78, 5) is 39.7. The van der Waals surface area contributed by atoms with Gasteiger partial charge in [0.15, 0.2) is 0 Å². The van der Waals surface area contributed by atoms with E-state index < -0.39 is 32.5 Å². The molecule has 382 valence electrons. The first-order valence-corrected chi connectivity index (χ1v) is 27.7. The third-order valence-electron chi connectivity index (χ3n) is 10.8. The van der Waals surface area contributed by atoms with Gasteiger partial charge in [0.05, 0.1) is 33.8 Å². The lowest BCUT2D eigenvalue weighted by atomic mass is 10.1. The van der Waals surface area contributed by atoms with Crippen LogP contribution < -0.4 is 10.2 Å². The van der Waals surface area contributed by atoms with Gasteiger partial charge in [-0.3, -0.25) is 14.2 Å². The number of allylic oxidation sites excluding steroid dienone is 17. The lowest BCUT2D eigenvalue weighted by molar-refractivity contribution is -0.870. The number of unbranched alkanes of at least 4 members (excludes halogenated alkanes) is 15. The van der Waals surface area contributed by atoms with E-state index in [9.17, 15) is 19.0 Å². The molecule has 0 aromatic rings. The molecule has 0 aromatic heterocycles. The van der Waals surface area contributed by atoms with Crippen LogP contribution in [-0.2, 0) is 27.9 Å². The van der Waals surface area contributed by atoms with Crippen LogP contribution in [0.2, 0.25) is 0 Å². The van der Waals surface area contributed by atoms with Gasteiger partial charge >= 0.3 is 5.97 Å². The van der Waals surface area contributed by atoms with Crippen molar-refractivity contribution in [1.29, 1.82) is 0 Å². The molecule has 0 radical (unpaired) electrons. The van der Waals surface area contributed by atoms with Crippen LogP contribution in [0.4, 0.5) is 0 Å². The quantitative estimate of drug-likeness (QED) is 0.0161. The molecule has 9 nitrogen and oxygen atoms in total.